The molecule has 0 amide bonds. The van der Waals surface area contributed by atoms with E-state index in [4.69, 9.17) is 4.74 Å². The zero-order valence-corrected chi connectivity index (χ0v) is 13.1. The van der Waals surface area contributed by atoms with Crippen LogP contribution in [0.25, 0.3) is 0 Å². The number of hydrogen-bond acceptors (Lipinski definition) is 1. The summed E-state index contributed by atoms with van der Waals surface area (Å²) in [5, 5.41) is 0. The van der Waals surface area contributed by atoms with E-state index in [2.05, 4.69) is 31.9 Å². The lowest BCUT2D eigenvalue weighted by molar-refractivity contribution is 0.414. The van der Waals surface area contributed by atoms with Crippen molar-refractivity contribution in [3.8, 4) is 5.75 Å². The van der Waals surface area contributed by atoms with Gasteiger partial charge in [0.15, 0.2) is 11.6 Å². The second-order valence-electron chi connectivity index (χ2n) is 3.89. The van der Waals surface area contributed by atoms with Crippen LogP contribution in [0.3, 0.4) is 0 Å². The van der Waals surface area contributed by atoms with Gasteiger partial charge in [0.2, 0.25) is 0 Å². The van der Waals surface area contributed by atoms with Gasteiger partial charge in [-0.15, -0.1) is 0 Å². The average Bonchev–Trinajstić information content (AvgIpc) is 2.41. The first kappa shape index (κ1) is 14.5. The Kier molecular flexibility index (Phi) is 4.58. The number of alkyl halides is 1. The van der Waals surface area contributed by atoms with E-state index in [0.717, 1.165) is 16.1 Å². The van der Waals surface area contributed by atoms with Crippen LogP contribution in [0.15, 0.2) is 40.9 Å². The number of rotatable bonds is 3. The highest BCUT2D eigenvalue weighted by atomic mass is 79.9. The monoisotopic (exact) mass is 390 g/mol. The maximum Gasteiger partial charge on any atom is 0.163 e. The van der Waals surface area contributed by atoms with Gasteiger partial charge in [0.25, 0.3) is 0 Å². The predicted octanol–water partition coefficient (Wildman–Crippen LogP) is 5.22. The third kappa shape index (κ3) is 2.98. The molecule has 0 fully saturated rings. The van der Waals surface area contributed by atoms with Crippen LogP contribution >= 0.6 is 31.9 Å². The van der Waals surface area contributed by atoms with E-state index in [1.807, 2.05) is 0 Å². The molecule has 2 aromatic rings. The molecule has 19 heavy (non-hydrogen) atoms. The van der Waals surface area contributed by atoms with E-state index in [1.54, 1.807) is 31.4 Å². The molecular formula is C14H10Br2F2O. The van der Waals surface area contributed by atoms with E-state index in [0.29, 0.717) is 5.75 Å². The molecule has 0 spiro atoms. The Labute approximate surface area is 126 Å². The third-order valence-electron chi connectivity index (χ3n) is 2.74. The summed E-state index contributed by atoms with van der Waals surface area (Å²) < 4.78 is 32.9. The average molecular weight is 392 g/mol. The van der Waals surface area contributed by atoms with E-state index >= 15 is 0 Å². The van der Waals surface area contributed by atoms with Gasteiger partial charge < -0.3 is 4.74 Å². The summed E-state index contributed by atoms with van der Waals surface area (Å²) in [6.07, 6.45) is 0. The molecule has 0 heterocycles. The highest BCUT2D eigenvalue weighted by Gasteiger charge is 2.19. The lowest BCUT2D eigenvalue weighted by Crippen LogP contribution is -2.00. The zero-order chi connectivity index (χ0) is 14.0. The molecule has 1 atom stereocenters. The summed E-state index contributed by atoms with van der Waals surface area (Å²) in [5.74, 6) is -1.01. The maximum absolute atomic E-state index is 13.8. The minimum Gasteiger partial charge on any atom is -0.497 e. The van der Waals surface area contributed by atoms with Gasteiger partial charge in [0.1, 0.15) is 5.75 Å². The number of benzene rings is 2. The summed E-state index contributed by atoms with van der Waals surface area (Å²) >= 11 is 6.80. The van der Waals surface area contributed by atoms with Crippen molar-refractivity contribution in [2.24, 2.45) is 0 Å². The molecule has 0 bridgehead atoms. The summed E-state index contributed by atoms with van der Waals surface area (Å²) in [4.78, 5) is -0.441. The quantitative estimate of drug-likeness (QED) is 0.651. The largest absolute Gasteiger partial charge is 0.497 e. The SMILES string of the molecule is COc1ccc(C(Br)c2cccc(F)c2F)c(Br)c1. The van der Waals surface area contributed by atoms with Crippen molar-refractivity contribution in [1.82, 2.24) is 0 Å². The van der Waals surface area contributed by atoms with Gasteiger partial charge in [-0.3, -0.25) is 0 Å². The fraction of sp³-hybridized carbons (Fsp3) is 0.143. The maximum atomic E-state index is 13.8. The Bertz CT molecular complexity index is 602. The van der Waals surface area contributed by atoms with Gasteiger partial charge in [-0.05, 0) is 23.8 Å². The van der Waals surface area contributed by atoms with Crippen molar-refractivity contribution in [1.29, 1.82) is 0 Å². The smallest absolute Gasteiger partial charge is 0.163 e. The molecular weight excluding hydrogens is 382 g/mol. The second kappa shape index (κ2) is 6.01. The Morgan fingerprint density at radius 2 is 1.84 bits per heavy atom. The van der Waals surface area contributed by atoms with Gasteiger partial charge in [-0.1, -0.05) is 50.1 Å². The van der Waals surface area contributed by atoms with Crippen LogP contribution in [-0.2, 0) is 0 Å². The summed E-state index contributed by atoms with van der Waals surface area (Å²) in [6.45, 7) is 0. The minimum absolute atomic E-state index is 0.255. The molecule has 2 rings (SSSR count). The molecule has 0 aliphatic carbocycles. The van der Waals surface area contributed by atoms with Crippen LogP contribution < -0.4 is 4.74 Å². The molecule has 100 valence electrons. The standard InChI is InChI=1S/C14H10Br2F2O/c1-19-8-5-6-9(11(15)7-8)13(16)10-3-2-4-12(17)14(10)18/h2-7,13H,1H3. The van der Waals surface area contributed by atoms with E-state index in [-0.39, 0.29) is 5.56 Å². The fourth-order valence-electron chi connectivity index (χ4n) is 1.72. The number of ether oxygens (including phenoxy) is 1. The third-order valence-corrected chi connectivity index (χ3v) is 4.41. The summed E-state index contributed by atoms with van der Waals surface area (Å²) in [7, 11) is 1.57. The van der Waals surface area contributed by atoms with Crippen molar-refractivity contribution in [3.05, 3.63) is 63.6 Å². The molecule has 0 saturated heterocycles. The Morgan fingerprint density at radius 1 is 1.11 bits per heavy atom. The topological polar surface area (TPSA) is 9.23 Å². The van der Waals surface area contributed by atoms with Crippen LogP contribution in [0.2, 0.25) is 0 Å². The highest BCUT2D eigenvalue weighted by Crippen LogP contribution is 2.38. The number of halogens is 4. The fourth-order valence-corrected chi connectivity index (χ4v) is 3.37. The van der Waals surface area contributed by atoms with Gasteiger partial charge in [-0.2, -0.15) is 0 Å². The normalized spacial score (nSPS) is 12.3. The van der Waals surface area contributed by atoms with Crippen LogP contribution in [0.4, 0.5) is 8.78 Å². The van der Waals surface area contributed by atoms with Crippen molar-refractivity contribution in [2.75, 3.05) is 7.11 Å². The van der Waals surface area contributed by atoms with E-state index in [1.165, 1.54) is 6.07 Å². The van der Waals surface area contributed by atoms with Crippen molar-refractivity contribution in [3.63, 3.8) is 0 Å². The van der Waals surface area contributed by atoms with Gasteiger partial charge in [0, 0.05) is 10.0 Å². The van der Waals surface area contributed by atoms with Crippen LogP contribution in [0, 0.1) is 11.6 Å². The Hall–Kier alpha value is -0.940. The molecule has 0 aliphatic heterocycles. The van der Waals surface area contributed by atoms with Crippen LogP contribution in [0.5, 0.6) is 5.75 Å². The zero-order valence-electron chi connectivity index (χ0n) is 9.96. The van der Waals surface area contributed by atoms with Gasteiger partial charge in [-0.25, -0.2) is 8.78 Å². The summed E-state index contributed by atoms with van der Waals surface area (Å²) in [5.41, 5.74) is 1.05. The van der Waals surface area contributed by atoms with E-state index < -0.39 is 16.5 Å². The Balaban J connectivity index is 2.44. The molecule has 1 nitrogen and oxygen atoms in total. The first-order valence-electron chi connectivity index (χ1n) is 5.46. The molecule has 5 heteroatoms. The molecule has 0 saturated carbocycles. The molecule has 2 aromatic carbocycles. The molecule has 0 aliphatic rings. The minimum atomic E-state index is -0.855. The van der Waals surface area contributed by atoms with Crippen molar-refractivity contribution < 1.29 is 13.5 Å². The van der Waals surface area contributed by atoms with Gasteiger partial charge in [0.05, 0.1) is 11.9 Å². The van der Waals surface area contributed by atoms with Crippen molar-refractivity contribution >= 4 is 31.9 Å². The first-order chi connectivity index (χ1) is 9.04. The van der Waals surface area contributed by atoms with Crippen LogP contribution in [0.1, 0.15) is 16.0 Å². The Morgan fingerprint density at radius 3 is 2.47 bits per heavy atom. The molecule has 0 aromatic heterocycles. The van der Waals surface area contributed by atoms with Crippen molar-refractivity contribution in [2.45, 2.75) is 4.83 Å². The highest BCUT2D eigenvalue weighted by molar-refractivity contribution is 9.11. The lowest BCUT2D eigenvalue weighted by atomic mass is 10.0. The number of hydrogen-bond donors (Lipinski definition) is 0. The molecule has 1 unspecified atom stereocenters. The second-order valence-corrected chi connectivity index (χ2v) is 5.66. The van der Waals surface area contributed by atoms with Gasteiger partial charge >= 0.3 is 0 Å². The molecule has 0 N–H and O–H groups in total. The number of methoxy groups -OCH3 is 1. The van der Waals surface area contributed by atoms with E-state index in [9.17, 15) is 8.78 Å². The summed E-state index contributed by atoms with van der Waals surface area (Å²) in [6, 6.07) is 9.48. The lowest BCUT2D eigenvalue weighted by Gasteiger charge is -2.14. The first-order valence-corrected chi connectivity index (χ1v) is 7.17. The predicted molar refractivity (Wildman–Crippen MR) is 77.8 cm³/mol. The molecule has 0 radical (unpaired) electrons. The van der Waals surface area contributed by atoms with Crippen LogP contribution in [-0.4, -0.2) is 7.11 Å².